The van der Waals surface area contributed by atoms with Gasteiger partial charge in [-0.1, -0.05) is 25.4 Å². The molecule has 116 valence electrons. The zero-order valence-corrected chi connectivity index (χ0v) is 13.6. The molecular weight excluding hydrogens is 312 g/mol. The molecule has 2 N–H and O–H groups in total. The first kappa shape index (κ1) is 16.1. The Hall–Kier alpha value is -1.27. The molecule has 1 atom stereocenters. The van der Waals surface area contributed by atoms with Crippen molar-refractivity contribution in [2.75, 3.05) is 6.54 Å². The fourth-order valence-corrected chi connectivity index (χ4v) is 3.82. The van der Waals surface area contributed by atoms with E-state index >= 15 is 0 Å². The molecular formula is C14H19ClN2O3S. The third-order valence-corrected chi connectivity index (χ3v) is 5.04. The van der Waals surface area contributed by atoms with Gasteiger partial charge in [-0.05, 0) is 30.4 Å². The van der Waals surface area contributed by atoms with Gasteiger partial charge in [-0.2, -0.15) is 0 Å². The van der Waals surface area contributed by atoms with Crippen LogP contribution in [0.1, 0.15) is 31.6 Å². The number of thiophene rings is 1. The third kappa shape index (κ3) is 3.68. The van der Waals surface area contributed by atoms with Gasteiger partial charge in [0.25, 0.3) is 0 Å². The lowest BCUT2D eigenvalue weighted by Gasteiger charge is -2.43. The standard InChI is InChI=1S/C14H19ClN2O3S/c1-14(2)6-3-7-17(11(14)12(18)19)13(20)16-8-9-4-5-10(15)21-9/h4-5,11H,3,6-8H2,1-2H3,(H,16,20)(H,18,19). The summed E-state index contributed by atoms with van der Waals surface area (Å²) < 4.78 is 0.668. The quantitative estimate of drug-likeness (QED) is 0.894. The van der Waals surface area contributed by atoms with Crippen molar-refractivity contribution in [3.63, 3.8) is 0 Å². The topological polar surface area (TPSA) is 69.6 Å². The van der Waals surface area contributed by atoms with Crippen LogP contribution in [-0.4, -0.2) is 34.6 Å². The van der Waals surface area contributed by atoms with Gasteiger partial charge in [0.15, 0.2) is 0 Å². The highest BCUT2D eigenvalue weighted by molar-refractivity contribution is 7.16. The Labute approximate surface area is 132 Å². The Morgan fingerprint density at radius 3 is 2.81 bits per heavy atom. The highest BCUT2D eigenvalue weighted by Gasteiger charge is 2.44. The van der Waals surface area contributed by atoms with Crippen molar-refractivity contribution in [2.24, 2.45) is 5.41 Å². The monoisotopic (exact) mass is 330 g/mol. The highest BCUT2D eigenvalue weighted by atomic mass is 35.5. The smallest absolute Gasteiger partial charge is 0.327 e. The van der Waals surface area contributed by atoms with E-state index in [9.17, 15) is 14.7 Å². The van der Waals surface area contributed by atoms with Crippen LogP contribution in [0.2, 0.25) is 4.34 Å². The number of hydrogen-bond acceptors (Lipinski definition) is 3. The zero-order valence-electron chi connectivity index (χ0n) is 12.1. The predicted molar refractivity (Wildman–Crippen MR) is 82.7 cm³/mol. The number of rotatable bonds is 3. The lowest BCUT2D eigenvalue weighted by atomic mass is 9.76. The van der Waals surface area contributed by atoms with Crippen LogP contribution in [-0.2, 0) is 11.3 Å². The molecule has 1 aromatic heterocycles. The average molecular weight is 331 g/mol. The minimum atomic E-state index is -0.950. The third-order valence-electron chi connectivity index (χ3n) is 3.81. The molecule has 1 aromatic rings. The first-order valence-corrected chi connectivity index (χ1v) is 8.02. The summed E-state index contributed by atoms with van der Waals surface area (Å²) in [5.41, 5.74) is -0.423. The van der Waals surface area contributed by atoms with Gasteiger partial charge in [-0.3, -0.25) is 0 Å². The number of aliphatic carboxylic acids is 1. The van der Waals surface area contributed by atoms with Crippen molar-refractivity contribution < 1.29 is 14.7 Å². The largest absolute Gasteiger partial charge is 0.480 e. The molecule has 1 aliphatic heterocycles. The lowest BCUT2D eigenvalue weighted by molar-refractivity contribution is -0.148. The minimum absolute atomic E-state index is 0.334. The van der Waals surface area contributed by atoms with Crippen LogP contribution in [0.4, 0.5) is 4.79 Å². The van der Waals surface area contributed by atoms with Gasteiger partial charge in [-0.15, -0.1) is 11.3 Å². The molecule has 5 nitrogen and oxygen atoms in total. The number of carboxylic acid groups (broad SMARTS) is 1. The normalized spacial score (nSPS) is 21.1. The number of piperidine rings is 1. The molecule has 1 unspecified atom stereocenters. The van der Waals surface area contributed by atoms with Gasteiger partial charge in [-0.25, -0.2) is 9.59 Å². The molecule has 0 aliphatic carbocycles. The molecule has 0 radical (unpaired) electrons. The number of carbonyl (C=O) groups excluding carboxylic acids is 1. The summed E-state index contributed by atoms with van der Waals surface area (Å²) in [7, 11) is 0. The van der Waals surface area contributed by atoms with Crippen LogP contribution in [0.15, 0.2) is 12.1 Å². The molecule has 1 aliphatic rings. The molecule has 2 amide bonds. The van der Waals surface area contributed by atoms with Crippen molar-refractivity contribution in [3.05, 3.63) is 21.3 Å². The fraction of sp³-hybridized carbons (Fsp3) is 0.571. The fourth-order valence-electron chi connectivity index (χ4n) is 2.79. The number of likely N-dealkylation sites (tertiary alicyclic amines) is 1. The second kappa shape index (κ2) is 6.23. The van der Waals surface area contributed by atoms with E-state index in [4.69, 9.17) is 11.6 Å². The van der Waals surface area contributed by atoms with Crippen LogP contribution in [0.3, 0.4) is 0 Å². The van der Waals surface area contributed by atoms with Gasteiger partial charge in [0.2, 0.25) is 0 Å². The maximum Gasteiger partial charge on any atom is 0.327 e. The summed E-state index contributed by atoms with van der Waals surface area (Å²) in [5, 5.41) is 12.2. The van der Waals surface area contributed by atoms with Crippen LogP contribution in [0.5, 0.6) is 0 Å². The average Bonchev–Trinajstić information content (AvgIpc) is 2.79. The SMILES string of the molecule is CC1(C)CCCN(C(=O)NCc2ccc(Cl)s2)C1C(=O)O. The van der Waals surface area contributed by atoms with E-state index in [1.54, 1.807) is 6.07 Å². The molecule has 0 saturated carbocycles. The first-order chi connectivity index (χ1) is 9.81. The van der Waals surface area contributed by atoms with Gasteiger partial charge < -0.3 is 15.3 Å². The predicted octanol–water partition coefficient (Wildman–Crippen LogP) is 3.19. The van der Waals surface area contributed by atoms with E-state index in [1.165, 1.54) is 16.2 Å². The van der Waals surface area contributed by atoms with E-state index < -0.39 is 17.4 Å². The van der Waals surface area contributed by atoms with Gasteiger partial charge >= 0.3 is 12.0 Å². The summed E-state index contributed by atoms with van der Waals surface area (Å²) >= 11 is 7.24. The summed E-state index contributed by atoms with van der Waals surface area (Å²) in [5.74, 6) is -0.950. The second-order valence-electron chi connectivity index (χ2n) is 5.89. The van der Waals surface area contributed by atoms with Crippen LogP contribution in [0, 0.1) is 5.41 Å². The number of nitrogens with zero attached hydrogens (tertiary/aromatic N) is 1. The van der Waals surface area contributed by atoms with Gasteiger partial charge in [0.05, 0.1) is 10.9 Å². The van der Waals surface area contributed by atoms with E-state index in [-0.39, 0.29) is 6.03 Å². The van der Waals surface area contributed by atoms with Crippen molar-refractivity contribution in [2.45, 2.75) is 39.3 Å². The van der Waals surface area contributed by atoms with Crippen molar-refractivity contribution in [3.8, 4) is 0 Å². The van der Waals surface area contributed by atoms with Crippen molar-refractivity contribution in [1.82, 2.24) is 10.2 Å². The first-order valence-electron chi connectivity index (χ1n) is 6.83. The molecule has 1 saturated heterocycles. The molecule has 21 heavy (non-hydrogen) atoms. The van der Waals surface area contributed by atoms with Crippen molar-refractivity contribution >= 4 is 34.9 Å². The number of nitrogens with one attached hydrogen (secondary N) is 1. The maximum absolute atomic E-state index is 12.3. The Morgan fingerprint density at radius 1 is 1.52 bits per heavy atom. The molecule has 7 heteroatoms. The van der Waals surface area contributed by atoms with E-state index in [0.29, 0.717) is 17.4 Å². The Balaban J connectivity index is 2.04. The molecule has 2 rings (SSSR count). The molecule has 0 spiro atoms. The second-order valence-corrected chi connectivity index (χ2v) is 7.69. The van der Waals surface area contributed by atoms with Gasteiger partial charge in [0.1, 0.15) is 6.04 Å². The highest BCUT2D eigenvalue weighted by Crippen LogP contribution is 2.35. The summed E-state index contributed by atoms with van der Waals surface area (Å²) in [4.78, 5) is 26.2. The van der Waals surface area contributed by atoms with Crippen molar-refractivity contribution in [1.29, 1.82) is 0 Å². The van der Waals surface area contributed by atoms with Crippen LogP contribution >= 0.6 is 22.9 Å². The van der Waals surface area contributed by atoms with E-state index in [2.05, 4.69) is 5.32 Å². The Kier molecular flexibility index (Phi) is 4.78. The van der Waals surface area contributed by atoms with Gasteiger partial charge in [0, 0.05) is 11.4 Å². The maximum atomic E-state index is 12.3. The van der Waals surface area contributed by atoms with Crippen LogP contribution < -0.4 is 5.32 Å². The van der Waals surface area contributed by atoms with E-state index in [1.807, 2.05) is 19.9 Å². The minimum Gasteiger partial charge on any atom is -0.480 e. The Bertz CT molecular complexity index is 544. The number of carboxylic acids is 1. The summed E-state index contributed by atoms with van der Waals surface area (Å²) in [6.07, 6.45) is 1.61. The number of urea groups is 1. The molecule has 2 heterocycles. The molecule has 0 aromatic carbocycles. The Morgan fingerprint density at radius 2 is 2.24 bits per heavy atom. The number of halogens is 1. The number of carbonyl (C=O) groups is 2. The lowest BCUT2D eigenvalue weighted by Crippen LogP contribution is -2.58. The summed E-state index contributed by atoms with van der Waals surface area (Å²) in [6, 6.07) is 2.50. The number of hydrogen-bond donors (Lipinski definition) is 2. The van der Waals surface area contributed by atoms with E-state index in [0.717, 1.165) is 17.7 Å². The van der Waals surface area contributed by atoms with Crippen LogP contribution in [0.25, 0.3) is 0 Å². The molecule has 0 bridgehead atoms. The molecule has 1 fully saturated rings. The summed E-state index contributed by atoms with van der Waals surface area (Å²) in [6.45, 7) is 4.62. The number of amides is 2. The zero-order chi connectivity index (χ0) is 15.6.